The van der Waals surface area contributed by atoms with Crippen molar-refractivity contribution >= 4 is 28.6 Å². The molecule has 2 heterocycles. The van der Waals surface area contributed by atoms with Crippen molar-refractivity contribution in [3.63, 3.8) is 0 Å². The Kier molecular flexibility index (Phi) is 11.0. The number of likely N-dealkylation sites (N-methyl/N-ethyl adjacent to an activating group) is 2. The van der Waals surface area contributed by atoms with Gasteiger partial charge in [-0.05, 0) is 74.8 Å². The highest BCUT2D eigenvalue weighted by Gasteiger charge is 2.23. The van der Waals surface area contributed by atoms with Crippen molar-refractivity contribution in [3.05, 3.63) is 78.6 Å². The van der Waals surface area contributed by atoms with E-state index < -0.39 is 18.2 Å². The number of methoxy groups -OCH3 is 1. The smallest absolute Gasteiger partial charge is 0.324 e. The lowest BCUT2D eigenvalue weighted by molar-refractivity contribution is -0.154. The van der Waals surface area contributed by atoms with E-state index in [0.29, 0.717) is 35.6 Å². The van der Waals surface area contributed by atoms with Gasteiger partial charge in [-0.3, -0.25) is 14.2 Å². The van der Waals surface area contributed by atoms with Gasteiger partial charge < -0.3 is 25.0 Å². The number of esters is 1. The maximum atomic E-state index is 12.9. The highest BCUT2D eigenvalue weighted by atomic mass is 16.6. The number of ether oxygens (including phenoxy) is 2. The van der Waals surface area contributed by atoms with Crippen molar-refractivity contribution in [2.24, 2.45) is 11.7 Å². The number of benzene rings is 2. The van der Waals surface area contributed by atoms with Gasteiger partial charge in [0.2, 0.25) is 5.91 Å². The molecule has 2 aromatic carbocycles. The number of pyridine rings is 1. The van der Waals surface area contributed by atoms with Crippen LogP contribution in [0.2, 0.25) is 0 Å². The molecule has 4 aromatic rings. The molecule has 240 valence electrons. The first-order valence-electron chi connectivity index (χ1n) is 15.2. The first-order valence-corrected chi connectivity index (χ1v) is 15.2. The first-order chi connectivity index (χ1) is 21.9. The van der Waals surface area contributed by atoms with Crippen LogP contribution >= 0.6 is 0 Å². The zero-order chi connectivity index (χ0) is 33.5. The maximum Gasteiger partial charge on any atom is 0.324 e. The molecule has 10 nitrogen and oxygen atoms in total. The second kappa shape index (κ2) is 14.9. The summed E-state index contributed by atoms with van der Waals surface area (Å²) in [7, 11) is 7.18. The summed E-state index contributed by atoms with van der Waals surface area (Å²) in [6, 6.07) is 16.4. The topological polar surface area (TPSA) is 127 Å². The molecule has 46 heavy (non-hydrogen) atoms. The average molecular weight is 623 g/mol. The summed E-state index contributed by atoms with van der Waals surface area (Å²) in [5.41, 5.74) is 11.1. The van der Waals surface area contributed by atoms with Crippen LogP contribution in [0, 0.1) is 17.2 Å². The second-order valence-electron chi connectivity index (χ2n) is 12.0. The molecule has 4 rings (SSSR count). The van der Waals surface area contributed by atoms with Crippen molar-refractivity contribution in [1.82, 2.24) is 14.5 Å². The van der Waals surface area contributed by atoms with Gasteiger partial charge >= 0.3 is 5.97 Å². The Balaban J connectivity index is 1.80. The van der Waals surface area contributed by atoms with Crippen LogP contribution in [0.5, 0.6) is 5.75 Å². The summed E-state index contributed by atoms with van der Waals surface area (Å²) in [6.45, 7) is 6.43. The van der Waals surface area contributed by atoms with Crippen molar-refractivity contribution < 1.29 is 19.1 Å². The number of amides is 1. The van der Waals surface area contributed by atoms with E-state index in [1.54, 1.807) is 48.9 Å². The minimum atomic E-state index is -0.730. The fraction of sp³-hybridized carbons (Fsp3) is 0.333. The fourth-order valence-electron chi connectivity index (χ4n) is 5.13. The van der Waals surface area contributed by atoms with E-state index in [-0.39, 0.29) is 11.8 Å². The van der Waals surface area contributed by atoms with Gasteiger partial charge in [-0.1, -0.05) is 32.1 Å². The van der Waals surface area contributed by atoms with Gasteiger partial charge in [0.1, 0.15) is 17.4 Å². The lowest BCUT2D eigenvalue weighted by Crippen LogP contribution is -2.34. The third-order valence-corrected chi connectivity index (χ3v) is 7.59. The lowest BCUT2D eigenvalue weighted by atomic mass is 10.0. The van der Waals surface area contributed by atoms with Gasteiger partial charge in [-0.2, -0.15) is 5.26 Å². The molecule has 0 spiro atoms. The van der Waals surface area contributed by atoms with E-state index in [1.807, 2.05) is 87.6 Å². The zero-order valence-electron chi connectivity index (χ0n) is 27.5. The number of rotatable bonds is 12. The van der Waals surface area contributed by atoms with Crippen molar-refractivity contribution in [2.45, 2.75) is 39.5 Å². The highest BCUT2D eigenvalue weighted by Crippen LogP contribution is 2.37. The standard InChI is InChI=1S/C36H42N6O4/c1-23(2)14-33(38)36(44)46-24(3)42-22-32(26-11-8-10-25(15-26)20-37)31-18-28(21-39-35(31)42)27-16-29(19-30(17-27)45-7)41(6)34(43)12-9-13-40(4)5/h8-12,15-19,21-24,33H,13-14,38H2,1-7H3/b12-9+. The number of carbonyl (C=O) groups is 2. The Morgan fingerprint density at radius 1 is 1.07 bits per heavy atom. The molecule has 0 aliphatic carbocycles. The van der Waals surface area contributed by atoms with E-state index >= 15 is 0 Å². The molecular formula is C36H42N6O4. The van der Waals surface area contributed by atoms with Crippen LogP contribution in [-0.4, -0.2) is 67.2 Å². The summed E-state index contributed by atoms with van der Waals surface area (Å²) in [4.78, 5) is 34.1. The number of nitrogens with two attached hydrogens (primary N) is 1. The summed E-state index contributed by atoms with van der Waals surface area (Å²) in [6.07, 6.45) is 6.82. The first kappa shape index (κ1) is 33.9. The van der Waals surface area contributed by atoms with E-state index in [9.17, 15) is 14.9 Å². The van der Waals surface area contributed by atoms with Gasteiger partial charge in [-0.15, -0.1) is 0 Å². The van der Waals surface area contributed by atoms with Crippen LogP contribution in [0.15, 0.2) is 73.1 Å². The molecule has 2 unspecified atom stereocenters. The molecule has 0 fully saturated rings. The van der Waals surface area contributed by atoms with Crippen molar-refractivity contribution in [2.75, 3.05) is 39.7 Å². The number of aromatic nitrogens is 2. The number of hydrogen-bond acceptors (Lipinski definition) is 8. The Labute approximate surface area is 270 Å². The molecule has 2 atom stereocenters. The van der Waals surface area contributed by atoms with Gasteiger partial charge in [0.25, 0.3) is 0 Å². The van der Waals surface area contributed by atoms with Gasteiger partial charge in [0.15, 0.2) is 6.23 Å². The molecule has 0 aliphatic rings. The van der Waals surface area contributed by atoms with Crippen LogP contribution in [0.1, 0.15) is 39.0 Å². The third-order valence-electron chi connectivity index (χ3n) is 7.59. The molecule has 0 aliphatic heterocycles. The number of fused-ring (bicyclic) bond motifs is 1. The van der Waals surface area contributed by atoms with Crippen LogP contribution in [0.4, 0.5) is 5.69 Å². The number of hydrogen-bond donors (Lipinski definition) is 1. The Morgan fingerprint density at radius 3 is 2.50 bits per heavy atom. The average Bonchev–Trinajstić information content (AvgIpc) is 3.42. The molecule has 1 amide bonds. The predicted molar refractivity (Wildman–Crippen MR) is 181 cm³/mol. The van der Waals surface area contributed by atoms with Gasteiger partial charge in [-0.25, -0.2) is 4.98 Å². The van der Waals surface area contributed by atoms with E-state index in [2.05, 4.69) is 6.07 Å². The zero-order valence-corrected chi connectivity index (χ0v) is 27.5. The van der Waals surface area contributed by atoms with Crippen LogP contribution < -0.4 is 15.4 Å². The quantitative estimate of drug-likeness (QED) is 0.156. The van der Waals surface area contributed by atoms with E-state index in [1.165, 1.54) is 0 Å². The molecule has 10 heteroatoms. The molecular weight excluding hydrogens is 580 g/mol. The maximum absolute atomic E-state index is 12.9. The molecule has 2 N–H and O–H groups in total. The summed E-state index contributed by atoms with van der Waals surface area (Å²) < 4.78 is 13.2. The fourth-order valence-corrected chi connectivity index (χ4v) is 5.13. The van der Waals surface area contributed by atoms with Crippen LogP contribution in [-0.2, 0) is 14.3 Å². The van der Waals surface area contributed by atoms with E-state index in [4.69, 9.17) is 20.2 Å². The highest BCUT2D eigenvalue weighted by molar-refractivity contribution is 6.02. The predicted octanol–water partition coefficient (Wildman–Crippen LogP) is 5.77. The Morgan fingerprint density at radius 2 is 1.83 bits per heavy atom. The molecule has 0 bridgehead atoms. The van der Waals surface area contributed by atoms with Crippen molar-refractivity contribution in [1.29, 1.82) is 5.26 Å². The summed E-state index contributed by atoms with van der Waals surface area (Å²) in [5, 5.41) is 10.4. The minimum Gasteiger partial charge on any atom is -0.497 e. The van der Waals surface area contributed by atoms with Crippen LogP contribution in [0.3, 0.4) is 0 Å². The minimum absolute atomic E-state index is 0.164. The van der Waals surface area contributed by atoms with E-state index in [0.717, 1.165) is 27.6 Å². The summed E-state index contributed by atoms with van der Waals surface area (Å²) >= 11 is 0. The summed E-state index contributed by atoms with van der Waals surface area (Å²) in [5.74, 6) is 0.191. The number of nitriles is 1. The van der Waals surface area contributed by atoms with Crippen molar-refractivity contribution in [3.8, 4) is 34.1 Å². The molecule has 2 aromatic heterocycles. The van der Waals surface area contributed by atoms with Crippen LogP contribution in [0.25, 0.3) is 33.3 Å². The molecule has 0 saturated carbocycles. The SMILES string of the molecule is COc1cc(-c2cnc3c(c2)c(-c2cccc(C#N)c2)cn3C(C)OC(=O)C(N)CC(C)C)cc(N(C)C(=O)/C=C/CN(C)C)c1. The molecule has 0 radical (unpaired) electrons. The number of carbonyl (C=O) groups excluding carboxylic acids is 2. The Hall–Kier alpha value is -4.98. The number of nitrogens with zero attached hydrogens (tertiary/aromatic N) is 5. The van der Waals surface area contributed by atoms with Gasteiger partial charge in [0.05, 0.1) is 18.7 Å². The number of anilines is 1. The second-order valence-corrected chi connectivity index (χ2v) is 12.0. The molecule has 0 saturated heterocycles. The van der Waals surface area contributed by atoms with Gasteiger partial charge in [0, 0.05) is 60.3 Å². The lowest BCUT2D eigenvalue weighted by Gasteiger charge is -2.19. The Bertz CT molecular complexity index is 1790. The third kappa shape index (κ3) is 7.99. The normalized spacial score (nSPS) is 12.8. The monoisotopic (exact) mass is 622 g/mol. The largest absolute Gasteiger partial charge is 0.497 e.